The zero-order chi connectivity index (χ0) is 24.2. The third-order valence-corrected chi connectivity index (χ3v) is 6.27. The summed E-state index contributed by atoms with van der Waals surface area (Å²) in [5.74, 6) is -0.859. The van der Waals surface area contributed by atoms with E-state index in [-0.39, 0.29) is 18.5 Å². The van der Waals surface area contributed by atoms with Crippen LogP contribution in [0.2, 0.25) is 0 Å². The van der Waals surface area contributed by atoms with Gasteiger partial charge in [-0.3, -0.25) is 9.59 Å². The Kier molecular flexibility index (Phi) is 7.36. The maximum absolute atomic E-state index is 13.3. The van der Waals surface area contributed by atoms with Gasteiger partial charge in [-0.05, 0) is 57.2 Å². The quantitative estimate of drug-likeness (QED) is 0.477. The number of ketones is 1. The van der Waals surface area contributed by atoms with Crippen LogP contribution >= 0.6 is 0 Å². The van der Waals surface area contributed by atoms with Gasteiger partial charge in [0.25, 0.3) is 0 Å². The van der Waals surface area contributed by atoms with Crippen molar-refractivity contribution in [3.8, 4) is 11.5 Å². The van der Waals surface area contributed by atoms with Gasteiger partial charge in [-0.1, -0.05) is 6.07 Å². The van der Waals surface area contributed by atoms with Crippen molar-refractivity contribution in [1.29, 1.82) is 0 Å². The number of esters is 2. The van der Waals surface area contributed by atoms with Gasteiger partial charge in [0, 0.05) is 42.8 Å². The molecule has 1 N–H and O–H groups in total. The van der Waals surface area contributed by atoms with Crippen molar-refractivity contribution in [2.75, 3.05) is 19.8 Å². The van der Waals surface area contributed by atoms with Gasteiger partial charge >= 0.3 is 11.9 Å². The van der Waals surface area contributed by atoms with E-state index in [0.29, 0.717) is 53.5 Å². The summed E-state index contributed by atoms with van der Waals surface area (Å²) >= 11 is 0. The van der Waals surface area contributed by atoms with E-state index in [1.165, 1.54) is 6.92 Å². The van der Waals surface area contributed by atoms with Crippen LogP contribution in [0.25, 0.3) is 0 Å². The van der Waals surface area contributed by atoms with Crippen LogP contribution in [0.5, 0.6) is 11.5 Å². The molecule has 2 heterocycles. The van der Waals surface area contributed by atoms with Gasteiger partial charge in [0.1, 0.15) is 6.61 Å². The summed E-state index contributed by atoms with van der Waals surface area (Å²) < 4.78 is 22.3. The lowest BCUT2D eigenvalue weighted by Gasteiger charge is -2.34. The molecular weight excluding hydrogens is 438 g/mol. The molecule has 1 fully saturated rings. The molecule has 182 valence electrons. The van der Waals surface area contributed by atoms with Gasteiger partial charge in [0.05, 0.1) is 18.3 Å². The Balaban J connectivity index is 1.74. The highest BCUT2D eigenvalue weighted by molar-refractivity contribution is 6.03. The predicted molar refractivity (Wildman–Crippen MR) is 123 cm³/mol. The molecule has 0 spiro atoms. The number of hydrogen-bond acceptors (Lipinski definition) is 8. The van der Waals surface area contributed by atoms with Gasteiger partial charge < -0.3 is 24.3 Å². The van der Waals surface area contributed by atoms with Crippen molar-refractivity contribution in [3.63, 3.8) is 0 Å². The topological polar surface area (TPSA) is 100 Å². The fourth-order valence-electron chi connectivity index (χ4n) is 4.82. The van der Waals surface area contributed by atoms with Crippen LogP contribution < -0.4 is 14.8 Å². The summed E-state index contributed by atoms with van der Waals surface area (Å²) in [4.78, 5) is 38.0. The highest BCUT2D eigenvalue weighted by atomic mass is 16.6. The van der Waals surface area contributed by atoms with E-state index >= 15 is 0 Å². The standard InChI is InChI=1S/C26H31NO7/c1-4-31-22-13-17(10-11-21(22)34-16(3)28)24-23(26(30)33-14-18-7-6-12-32-18)15(2)27-19-8-5-9-20(29)25(19)24/h10-11,13,18,24,27H,4-9,12,14H2,1-3H3/t18-,24+/m0/s1. The Labute approximate surface area is 199 Å². The second-order valence-corrected chi connectivity index (χ2v) is 8.73. The zero-order valence-corrected chi connectivity index (χ0v) is 19.9. The molecule has 34 heavy (non-hydrogen) atoms. The molecular formula is C26H31NO7. The third kappa shape index (κ3) is 5.01. The Morgan fingerprint density at radius 2 is 2.00 bits per heavy atom. The summed E-state index contributed by atoms with van der Waals surface area (Å²) in [6.45, 7) is 6.20. The summed E-state index contributed by atoms with van der Waals surface area (Å²) in [5, 5.41) is 3.29. The summed E-state index contributed by atoms with van der Waals surface area (Å²) in [6.07, 6.45) is 3.64. The van der Waals surface area contributed by atoms with Crippen molar-refractivity contribution in [2.24, 2.45) is 0 Å². The van der Waals surface area contributed by atoms with Gasteiger partial charge in [-0.2, -0.15) is 0 Å². The van der Waals surface area contributed by atoms with Gasteiger partial charge in [-0.15, -0.1) is 0 Å². The van der Waals surface area contributed by atoms with E-state index < -0.39 is 17.9 Å². The van der Waals surface area contributed by atoms with E-state index in [1.807, 2.05) is 13.8 Å². The molecule has 8 heteroatoms. The lowest BCUT2D eigenvalue weighted by atomic mass is 9.75. The van der Waals surface area contributed by atoms with Crippen molar-refractivity contribution in [2.45, 2.75) is 64.9 Å². The van der Waals surface area contributed by atoms with Gasteiger partial charge in [0.15, 0.2) is 17.3 Å². The minimum absolute atomic E-state index is 0.0118. The van der Waals surface area contributed by atoms with Crippen LogP contribution in [-0.4, -0.2) is 43.6 Å². The highest BCUT2D eigenvalue weighted by Crippen LogP contribution is 2.44. The average molecular weight is 470 g/mol. The lowest BCUT2D eigenvalue weighted by molar-refractivity contribution is -0.142. The van der Waals surface area contributed by atoms with Crippen molar-refractivity contribution in [3.05, 3.63) is 46.3 Å². The van der Waals surface area contributed by atoms with E-state index in [4.69, 9.17) is 18.9 Å². The molecule has 4 rings (SSSR count). The third-order valence-electron chi connectivity index (χ3n) is 6.27. The van der Waals surface area contributed by atoms with E-state index in [0.717, 1.165) is 31.4 Å². The minimum Gasteiger partial charge on any atom is -0.490 e. The van der Waals surface area contributed by atoms with Crippen LogP contribution in [0.1, 0.15) is 64.4 Å². The normalized spacial score (nSPS) is 22.3. The molecule has 2 aliphatic heterocycles. The van der Waals surface area contributed by atoms with Crippen LogP contribution in [0, 0.1) is 0 Å². The minimum atomic E-state index is -0.605. The second kappa shape index (κ2) is 10.4. The number of benzene rings is 1. The molecule has 0 amide bonds. The smallest absolute Gasteiger partial charge is 0.336 e. The molecule has 0 unspecified atom stereocenters. The second-order valence-electron chi connectivity index (χ2n) is 8.73. The van der Waals surface area contributed by atoms with Crippen molar-refractivity contribution < 1.29 is 33.3 Å². The Hall–Kier alpha value is -3.13. The Morgan fingerprint density at radius 3 is 2.71 bits per heavy atom. The fourth-order valence-corrected chi connectivity index (χ4v) is 4.82. The number of allylic oxidation sites excluding steroid dienone is 3. The Bertz CT molecular complexity index is 1050. The molecule has 1 aliphatic carbocycles. The summed E-state index contributed by atoms with van der Waals surface area (Å²) in [5.41, 5.74) is 3.19. The number of carbonyl (C=O) groups is 3. The van der Waals surface area contributed by atoms with E-state index in [2.05, 4.69) is 5.32 Å². The first kappa shape index (κ1) is 24.0. The van der Waals surface area contributed by atoms with E-state index in [1.54, 1.807) is 18.2 Å². The number of nitrogens with one attached hydrogen (secondary N) is 1. The average Bonchev–Trinajstić information content (AvgIpc) is 3.31. The predicted octanol–water partition coefficient (Wildman–Crippen LogP) is 3.70. The SMILES string of the molecule is CCOc1cc([C@@H]2C(C(=O)OC[C@@H]3CCCO3)=C(C)NC3=C2C(=O)CCC3)ccc1OC(C)=O. The lowest BCUT2D eigenvalue weighted by Crippen LogP contribution is -2.35. The number of carbonyl (C=O) groups excluding carboxylic acids is 3. The molecule has 3 aliphatic rings. The van der Waals surface area contributed by atoms with Crippen LogP contribution in [0.3, 0.4) is 0 Å². The van der Waals surface area contributed by atoms with Crippen molar-refractivity contribution >= 4 is 17.7 Å². The zero-order valence-electron chi connectivity index (χ0n) is 19.9. The first-order chi connectivity index (χ1) is 16.4. The summed E-state index contributed by atoms with van der Waals surface area (Å²) in [6, 6.07) is 5.15. The first-order valence-corrected chi connectivity index (χ1v) is 11.9. The molecule has 0 aromatic heterocycles. The van der Waals surface area contributed by atoms with Gasteiger partial charge in [-0.25, -0.2) is 4.79 Å². The molecule has 0 radical (unpaired) electrons. The molecule has 1 aromatic carbocycles. The van der Waals surface area contributed by atoms with Gasteiger partial charge in [0.2, 0.25) is 0 Å². The molecule has 0 bridgehead atoms. The summed E-state index contributed by atoms with van der Waals surface area (Å²) in [7, 11) is 0. The maximum atomic E-state index is 13.3. The van der Waals surface area contributed by atoms with Crippen molar-refractivity contribution in [1.82, 2.24) is 5.32 Å². The van der Waals surface area contributed by atoms with E-state index in [9.17, 15) is 14.4 Å². The number of rotatable bonds is 7. The molecule has 8 nitrogen and oxygen atoms in total. The number of hydrogen-bond donors (Lipinski definition) is 1. The largest absolute Gasteiger partial charge is 0.490 e. The number of dihydropyridines is 1. The fraction of sp³-hybridized carbons (Fsp3) is 0.500. The monoisotopic (exact) mass is 469 g/mol. The maximum Gasteiger partial charge on any atom is 0.336 e. The molecule has 1 saturated heterocycles. The Morgan fingerprint density at radius 1 is 1.18 bits per heavy atom. The van der Waals surface area contributed by atoms with Crippen LogP contribution in [-0.2, 0) is 23.9 Å². The molecule has 2 atom stereocenters. The highest BCUT2D eigenvalue weighted by Gasteiger charge is 2.39. The van der Waals surface area contributed by atoms with Crippen LogP contribution in [0.15, 0.2) is 40.7 Å². The molecule has 0 saturated carbocycles. The van der Waals surface area contributed by atoms with Crippen LogP contribution in [0.4, 0.5) is 0 Å². The number of ether oxygens (including phenoxy) is 4. The number of Topliss-reactive ketones (excluding diaryl/α,β-unsaturated/α-hetero) is 1. The first-order valence-electron chi connectivity index (χ1n) is 11.9. The molecule has 1 aromatic rings.